The number of nitrogens with two attached hydrogens (primary N) is 1. The predicted molar refractivity (Wildman–Crippen MR) is 74.0 cm³/mol. The van der Waals surface area contributed by atoms with Crippen LogP contribution in [0.5, 0.6) is 0 Å². The van der Waals surface area contributed by atoms with Crippen molar-refractivity contribution in [3.8, 4) is 11.8 Å². The van der Waals surface area contributed by atoms with Crippen LogP contribution in [-0.4, -0.2) is 24.5 Å². The molecule has 0 aromatic carbocycles. The molecule has 0 radical (unpaired) electrons. The summed E-state index contributed by atoms with van der Waals surface area (Å²) in [5.74, 6) is 6.10. The number of nitrogens with zero attached hydrogens (tertiary/aromatic N) is 1. The van der Waals surface area contributed by atoms with E-state index < -0.39 is 0 Å². The number of thiophene rings is 1. The molecule has 3 heteroatoms. The lowest BCUT2D eigenvalue weighted by Gasteiger charge is -2.23. The molecule has 1 aliphatic carbocycles. The van der Waals surface area contributed by atoms with Crippen molar-refractivity contribution in [2.24, 2.45) is 5.73 Å². The average Bonchev–Trinajstić information content (AvgIpc) is 2.97. The maximum Gasteiger partial charge on any atom is 0.0555 e. The Morgan fingerprint density at radius 1 is 1.47 bits per heavy atom. The zero-order valence-electron chi connectivity index (χ0n) is 10.4. The van der Waals surface area contributed by atoms with Crippen molar-refractivity contribution in [3.05, 3.63) is 21.9 Å². The highest BCUT2D eigenvalue weighted by atomic mass is 32.1. The maximum atomic E-state index is 5.42. The summed E-state index contributed by atoms with van der Waals surface area (Å²) in [4.78, 5) is 3.85. The maximum absolute atomic E-state index is 5.42. The van der Waals surface area contributed by atoms with Crippen molar-refractivity contribution in [2.75, 3.05) is 13.6 Å². The van der Waals surface area contributed by atoms with Gasteiger partial charge in [0.15, 0.2) is 0 Å². The van der Waals surface area contributed by atoms with E-state index in [4.69, 9.17) is 5.73 Å². The molecule has 0 bridgehead atoms. The van der Waals surface area contributed by atoms with E-state index in [9.17, 15) is 0 Å². The van der Waals surface area contributed by atoms with Crippen LogP contribution in [0.3, 0.4) is 0 Å². The second-order valence-electron chi connectivity index (χ2n) is 4.62. The monoisotopic (exact) mass is 248 g/mol. The first-order valence-corrected chi connectivity index (χ1v) is 7.14. The molecule has 1 aromatic rings. The van der Waals surface area contributed by atoms with Gasteiger partial charge in [-0.05, 0) is 31.3 Å². The minimum absolute atomic E-state index is 0.438. The van der Waals surface area contributed by atoms with E-state index in [1.165, 1.54) is 30.6 Å². The van der Waals surface area contributed by atoms with Gasteiger partial charge in [-0.15, -0.1) is 11.3 Å². The molecule has 1 saturated carbocycles. The fourth-order valence-corrected chi connectivity index (χ4v) is 3.31. The fourth-order valence-electron chi connectivity index (χ4n) is 2.42. The summed E-state index contributed by atoms with van der Waals surface area (Å²) in [7, 11) is 2.23. The zero-order valence-corrected chi connectivity index (χ0v) is 11.2. The van der Waals surface area contributed by atoms with Crippen LogP contribution < -0.4 is 5.73 Å². The van der Waals surface area contributed by atoms with E-state index in [1.807, 2.05) is 0 Å². The van der Waals surface area contributed by atoms with Gasteiger partial charge in [-0.2, -0.15) is 0 Å². The molecule has 2 nitrogen and oxygen atoms in total. The summed E-state index contributed by atoms with van der Waals surface area (Å²) in [5, 5.41) is 2.12. The SMILES string of the molecule is CN(Cc1sccc1C#CCN)C1CCCC1. The van der Waals surface area contributed by atoms with E-state index >= 15 is 0 Å². The van der Waals surface area contributed by atoms with Crippen LogP contribution in [0.4, 0.5) is 0 Å². The standard InChI is InChI=1S/C14H20N2S/c1-16(13-6-2-3-7-13)11-14-12(5-4-9-15)8-10-17-14/h8,10,13H,2-3,6-7,9,11,15H2,1H3. The van der Waals surface area contributed by atoms with Crippen molar-refractivity contribution in [3.63, 3.8) is 0 Å². The quantitative estimate of drug-likeness (QED) is 0.833. The third-order valence-electron chi connectivity index (χ3n) is 3.41. The molecule has 2 rings (SSSR count). The van der Waals surface area contributed by atoms with Crippen LogP contribution in [-0.2, 0) is 6.54 Å². The van der Waals surface area contributed by atoms with Gasteiger partial charge >= 0.3 is 0 Å². The lowest BCUT2D eigenvalue weighted by Crippen LogP contribution is -2.28. The molecule has 1 heterocycles. The molecular formula is C14H20N2S. The van der Waals surface area contributed by atoms with Crippen molar-refractivity contribution in [2.45, 2.75) is 38.3 Å². The summed E-state index contributed by atoms with van der Waals surface area (Å²) in [6, 6.07) is 2.87. The minimum Gasteiger partial charge on any atom is -0.320 e. The van der Waals surface area contributed by atoms with Gasteiger partial charge in [-0.1, -0.05) is 24.7 Å². The Morgan fingerprint density at radius 2 is 2.24 bits per heavy atom. The molecule has 1 fully saturated rings. The summed E-state index contributed by atoms with van der Waals surface area (Å²) < 4.78 is 0. The van der Waals surface area contributed by atoms with E-state index in [-0.39, 0.29) is 0 Å². The van der Waals surface area contributed by atoms with Crippen molar-refractivity contribution >= 4 is 11.3 Å². The lowest BCUT2D eigenvalue weighted by atomic mass is 10.2. The molecule has 1 aromatic heterocycles. The van der Waals surface area contributed by atoms with E-state index in [2.05, 4.69) is 35.2 Å². The summed E-state index contributed by atoms with van der Waals surface area (Å²) in [6.45, 7) is 1.46. The normalized spacial score (nSPS) is 16.2. The molecule has 0 amide bonds. The van der Waals surface area contributed by atoms with E-state index in [1.54, 1.807) is 11.3 Å². The Labute approximate surface area is 108 Å². The number of rotatable bonds is 3. The van der Waals surface area contributed by atoms with Crippen molar-refractivity contribution in [1.82, 2.24) is 4.90 Å². The summed E-state index contributed by atoms with van der Waals surface area (Å²) in [6.07, 6.45) is 5.48. The van der Waals surface area contributed by atoms with Crippen LogP contribution >= 0.6 is 11.3 Å². The first kappa shape index (κ1) is 12.6. The van der Waals surface area contributed by atoms with Gasteiger partial charge in [0.2, 0.25) is 0 Å². The van der Waals surface area contributed by atoms with Gasteiger partial charge in [0.1, 0.15) is 0 Å². The molecule has 0 unspecified atom stereocenters. The number of hydrogen-bond acceptors (Lipinski definition) is 3. The van der Waals surface area contributed by atoms with Crippen LogP contribution in [0.1, 0.15) is 36.1 Å². The van der Waals surface area contributed by atoms with E-state index in [0.717, 1.165) is 18.2 Å². The molecular weight excluding hydrogens is 228 g/mol. The number of hydrogen-bond donors (Lipinski definition) is 1. The Morgan fingerprint density at radius 3 is 2.94 bits per heavy atom. The molecule has 17 heavy (non-hydrogen) atoms. The Balaban J connectivity index is 2.00. The van der Waals surface area contributed by atoms with E-state index in [0.29, 0.717) is 6.54 Å². The van der Waals surface area contributed by atoms with Gasteiger partial charge in [0, 0.05) is 23.0 Å². The summed E-state index contributed by atoms with van der Waals surface area (Å²) in [5.41, 5.74) is 6.57. The molecule has 2 N–H and O–H groups in total. The lowest BCUT2D eigenvalue weighted by molar-refractivity contribution is 0.239. The smallest absolute Gasteiger partial charge is 0.0555 e. The third kappa shape index (κ3) is 3.32. The van der Waals surface area contributed by atoms with Crippen LogP contribution in [0.15, 0.2) is 11.4 Å². The highest BCUT2D eigenvalue weighted by molar-refractivity contribution is 7.10. The van der Waals surface area contributed by atoms with Gasteiger partial charge < -0.3 is 5.73 Å². The van der Waals surface area contributed by atoms with Crippen LogP contribution in [0.25, 0.3) is 0 Å². The third-order valence-corrected chi connectivity index (χ3v) is 4.32. The molecule has 0 saturated heterocycles. The predicted octanol–water partition coefficient (Wildman–Crippen LogP) is 2.43. The minimum atomic E-state index is 0.438. The molecule has 1 aliphatic rings. The molecule has 0 spiro atoms. The van der Waals surface area contributed by atoms with Gasteiger partial charge in [0.05, 0.1) is 6.54 Å². The zero-order chi connectivity index (χ0) is 12.1. The largest absolute Gasteiger partial charge is 0.320 e. The van der Waals surface area contributed by atoms with Gasteiger partial charge in [-0.25, -0.2) is 0 Å². The molecule has 92 valence electrons. The second kappa shape index (κ2) is 6.20. The van der Waals surface area contributed by atoms with Crippen LogP contribution in [0, 0.1) is 11.8 Å². The first-order chi connectivity index (χ1) is 8.31. The van der Waals surface area contributed by atoms with Gasteiger partial charge in [0.25, 0.3) is 0 Å². The van der Waals surface area contributed by atoms with Crippen molar-refractivity contribution < 1.29 is 0 Å². The topological polar surface area (TPSA) is 29.3 Å². The molecule has 0 aliphatic heterocycles. The first-order valence-electron chi connectivity index (χ1n) is 6.27. The highest BCUT2D eigenvalue weighted by Crippen LogP contribution is 2.25. The Hall–Kier alpha value is -0.820. The summed E-state index contributed by atoms with van der Waals surface area (Å²) >= 11 is 1.80. The van der Waals surface area contributed by atoms with Crippen molar-refractivity contribution in [1.29, 1.82) is 0 Å². The molecule has 0 atom stereocenters. The fraction of sp³-hybridized carbons (Fsp3) is 0.571. The highest BCUT2D eigenvalue weighted by Gasteiger charge is 2.20. The Kier molecular flexibility index (Phi) is 4.61. The van der Waals surface area contributed by atoms with Crippen LogP contribution in [0.2, 0.25) is 0 Å². The Bertz CT molecular complexity index is 407. The average molecular weight is 248 g/mol. The second-order valence-corrected chi connectivity index (χ2v) is 5.62. The van der Waals surface area contributed by atoms with Gasteiger partial charge in [-0.3, -0.25) is 4.90 Å².